The van der Waals surface area contributed by atoms with Gasteiger partial charge in [-0.1, -0.05) is 5.21 Å². The van der Waals surface area contributed by atoms with Gasteiger partial charge in [-0.2, -0.15) is 0 Å². The molecule has 0 saturated carbocycles. The van der Waals surface area contributed by atoms with Gasteiger partial charge in [0.25, 0.3) is 0 Å². The Balaban J connectivity index is 2.55. The third-order valence-corrected chi connectivity index (χ3v) is 2.09. The Bertz CT molecular complexity index is 424. The summed E-state index contributed by atoms with van der Waals surface area (Å²) in [6, 6.07) is 1.88. The third kappa shape index (κ3) is 1.54. The van der Waals surface area contributed by atoms with Crippen molar-refractivity contribution in [1.82, 2.24) is 20.0 Å². The van der Waals surface area contributed by atoms with Gasteiger partial charge in [-0.15, -0.1) is 5.10 Å². The Hall–Kier alpha value is -1.01. The van der Waals surface area contributed by atoms with Crippen LogP contribution in [0.3, 0.4) is 0 Å². The van der Waals surface area contributed by atoms with Crippen molar-refractivity contribution in [2.24, 2.45) is 5.73 Å². The molecule has 0 unspecified atom stereocenters. The first-order chi connectivity index (χ1) is 6.31. The molecule has 5 nitrogen and oxygen atoms in total. The standard InChI is InChI=1S/C7H8BrN5/c8-5-3-6-7(10-4-5)13(2-1-9)12-11-6/h3-4H,1-2,9H2. The van der Waals surface area contributed by atoms with E-state index in [1.165, 1.54) is 0 Å². The van der Waals surface area contributed by atoms with Crippen molar-refractivity contribution < 1.29 is 0 Å². The van der Waals surface area contributed by atoms with Crippen LogP contribution >= 0.6 is 15.9 Å². The highest BCUT2D eigenvalue weighted by atomic mass is 79.9. The molecule has 2 heterocycles. The van der Waals surface area contributed by atoms with Crippen LogP contribution in [0.25, 0.3) is 11.2 Å². The second-order valence-corrected chi connectivity index (χ2v) is 3.51. The van der Waals surface area contributed by atoms with E-state index in [1.54, 1.807) is 10.9 Å². The van der Waals surface area contributed by atoms with Crippen LogP contribution in [-0.2, 0) is 6.54 Å². The number of nitrogens with zero attached hydrogens (tertiary/aromatic N) is 4. The van der Waals surface area contributed by atoms with Crippen molar-refractivity contribution in [3.8, 4) is 0 Å². The lowest BCUT2D eigenvalue weighted by Crippen LogP contribution is -2.11. The number of pyridine rings is 1. The molecule has 2 N–H and O–H groups in total. The maximum Gasteiger partial charge on any atom is 0.178 e. The average molecular weight is 242 g/mol. The molecule has 2 aromatic heterocycles. The predicted molar refractivity (Wildman–Crippen MR) is 52.1 cm³/mol. The summed E-state index contributed by atoms with van der Waals surface area (Å²) in [6.45, 7) is 1.18. The Kier molecular flexibility index (Phi) is 2.24. The topological polar surface area (TPSA) is 69.6 Å². The first-order valence-corrected chi connectivity index (χ1v) is 4.65. The Morgan fingerprint density at radius 3 is 3.15 bits per heavy atom. The molecule has 0 aliphatic rings. The van der Waals surface area contributed by atoms with Crippen LogP contribution in [-0.4, -0.2) is 26.5 Å². The van der Waals surface area contributed by atoms with Crippen molar-refractivity contribution in [3.63, 3.8) is 0 Å². The first kappa shape index (κ1) is 8.58. The Morgan fingerprint density at radius 2 is 2.38 bits per heavy atom. The highest BCUT2D eigenvalue weighted by molar-refractivity contribution is 9.10. The average Bonchev–Trinajstić information content (AvgIpc) is 2.49. The number of rotatable bonds is 2. The molecule has 0 amide bonds. The number of hydrogen-bond donors (Lipinski definition) is 1. The van der Waals surface area contributed by atoms with Crippen molar-refractivity contribution >= 4 is 27.1 Å². The van der Waals surface area contributed by atoms with E-state index in [9.17, 15) is 0 Å². The van der Waals surface area contributed by atoms with Gasteiger partial charge in [0.2, 0.25) is 0 Å². The minimum absolute atomic E-state index is 0.538. The van der Waals surface area contributed by atoms with Gasteiger partial charge < -0.3 is 5.73 Å². The van der Waals surface area contributed by atoms with Crippen LogP contribution < -0.4 is 5.73 Å². The summed E-state index contributed by atoms with van der Waals surface area (Å²) in [4.78, 5) is 4.19. The molecule has 0 bridgehead atoms. The normalized spacial score (nSPS) is 10.9. The molecule has 2 aromatic rings. The largest absolute Gasteiger partial charge is 0.329 e. The molecular weight excluding hydrogens is 234 g/mol. The van der Waals surface area contributed by atoms with Crippen molar-refractivity contribution in [1.29, 1.82) is 0 Å². The van der Waals surface area contributed by atoms with E-state index in [0.717, 1.165) is 15.6 Å². The van der Waals surface area contributed by atoms with Gasteiger partial charge in [0, 0.05) is 17.2 Å². The molecule has 2 rings (SSSR count). The van der Waals surface area contributed by atoms with Gasteiger partial charge in [0.1, 0.15) is 5.52 Å². The summed E-state index contributed by atoms with van der Waals surface area (Å²) < 4.78 is 2.60. The molecule has 0 aromatic carbocycles. The van der Waals surface area contributed by atoms with E-state index in [2.05, 4.69) is 31.2 Å². The van der Waals surface area contributed by atoms with E-state index in [4.69, 9.17) is 5.73 Å². The van der Waals surface area contributed by atoms with Crippen molar-refractivity contribution in [2.75, 3.05) is 6.54 Å². The van der Waals surface area contributed by atoms with Crippen LogP contribution in [0.15, 0.2) is 16.7 Å². The maximum absolute atomic E-state index is 5.42. The highest BCUT2D eigenvalue weighted by Crippen LogP contribution is 2.14. The van der Waals surface area contributed by atoms with E-state index in [0.29, 0.717) is 13.1 Å². The molecular formula is C7H8BrN5. The molecule has 0 saturated heterocycles. The van der Waals surface area contributed by atoms with Crippen molar-refractivity contribution in [2.45, 2.75) is 6.54 Å². The van der Waals surface area contributed by atoms with Crippen LogP contribution in [0, 0.1) is 0 Å². The molecule has 0 aliphatic carbocycles. The second-order valence-electron chi connectivity index (χ2n) is 2.60. The van der Waals surface area contributed by atoms with Crippen molar-refractivity contribution in [3.05, 3.63) is 16.7 Å². The van der Waals surface area contributed by atoms with Gasteiger partial charge in [0.05, 0.1) is 6.54 Å². The molecule has 68 valence electrons. The lowest BCUT2D eigenvalue weighted by molar-refractivity contribution is 0.611. The zero-order valence-electron chi connectivity index (χ0n) is 6.81. The second kappa shape index (κ2) is 3.39. The van der Waals surface area contributed by atoms with Gasteiger partial charge in [-0.3, -0.25) is 0 Å². The van der Waals surface area contributed by atoms with Crippen LogP contribution in [0.5, 0.6) is 0 Å². The van der Waals surface area contributed by atoms with Crippen LogP contribution in [0.4, 0.5) is 0 Å². The fourth-order valence-electron chi connectivity index (χ4n) is 1.11. The molecule has 13 heavy (non-hydrogen) atoms. The summed E-state index contributed by atoms with van der Waals surface area (Å²) in [6.07, 6.45) is 1.72. The zero-order valence-corrected chi connectivity index (χ0v) is 8.40. The zero-order chi connectivity index (χ0) is 9.26. The molecule has 0 radical (unpaired) electrons. The molecule has 0 atom stereocenters. The van der Waals surface area contributed by atoms with Crippen LogP contribution in [0.2, 0.25) is 0 Å². The van der Waals surface area contributed by atoms with Gasteiger partial charge >= 0.3 is 0 Å². The van der Waals surface area contributed by atoms with E-state index in [-0.39, 0.29) is 0 Å². The van der Waals surface area contributed by atoms with Crippen LogP contribution in [0.1, 0.15) is 0 Å². The van der Waals surface area contributed by atoms with Gasteiger partial charge in [-0.25, -0.2) is 9.67 Å². The Morgan fingerprint density at radius 1 is 1.54 bits per heavy atom. The van der Waals surface area contributed by atoms with E-state index < -0.39 is 0 Å². The first-order valence-electron chi connectivity index (χ1n) is 3.86. The maximum atomic E-state index is 5.42. The van der Waals surface area contributed by atoms with E-state index in [1.807, 2.05) is 6.07 Å². The molecule has 0 aliphatic heterocycles. The summed E-state index contributed by atoms with van der Waals surface area (Å²) in [7, 11) is 0. The predicted octanol–water partition coefficient (Wildman–Crippen LogP) is 0.547. The highest BCUT2D eigenvalue weighted by Gasteiger charge is 2.04. The lowest BCUT2D eigenvalue weighted by atomic mass is 10.4. The number of halogens is 1. The summed E-state index contributed by atoms with van der Waals surface area (Å²) in [5.74, 6) is 0. The summed E-state index contributed by atoms with van der Waals surface area (Å²) in [5, 5.41) is 7.89. The quantitative estimate of drug-likeness (QED) is 0.834. The number of hydrogen-bond acceptors (Lipinski definition) is 4. The Labute approximate surface area is 83.1 Å². The fraction of sp³-hybridized carbons (Fsp3) is 0.286. The summed E-state index contributed by atoms with van der Waals surface area (Å²) >= 11 is 3.32. The number of nitrogens with two attached hydrogens (primary N) is 1. The number of aromatic nitrogens is 4. The smallest absolute Gasteiger partial charge is 0.178 e. The van der Waals surface area contributed by atoms with Gasteiger partial charge in [0.15, 0.2) is 5.65 Å². The molecule has 0 spiro atoms. The van der Waals surface area contributed by atoms with Gasteiger partial charge in [-0.05, 0) is 22.0 Å². The monoisotopic (exact) mass is 241 g/mol. The van der Waals surface area contributed by atoms with E-state index >= 15 is 0 Å². The number of fused-ring (bicyclic) bond motifs is 1. The minimum atomic E-state index is 0.538. The lowest BCUT2D eigenvalue weighted by Gasteiger charge is -1.96. The summed E-state index contributed by atoms with van der Waals surface area (Å²) in [5.41, 5.74) is 6.97. The SMILES string of the molecule is NCCn1nnc2cc(Br)cnc21. The minimum Gasteiger partial charge on any atom is -0.329 e. The third-order valence-electron chi connectivity index (χ3n) is 1.66. The molecule has 0 fully saturated rings. The molecule has 6 heteroatoms. The fourth-order valence-corrected chi connectivity index (χ4v) is 1.43.